The lowest BCUT2D eigenvalue weighted by molar-refractivity contribution is 0.620. The molecule has 0 amide bonds. The number of nitriles is 2. The van der Waals surface area contributed by atoms with Gasteiger partial charge in [0.25, 0.3) is 0 Å². The summed E-state index contributed by atoms with van der Waals surface area (Å²) in [5.74, 6) is 0.561. The quantitative estimate of drug-likeness (QED) is 0.198. The predicted octanol–water partition coefficient (Wildman–Crippen LogP) is 8.83. The predicted molar refractivity (Wildman–Crippen MR) is 170 cm³/mol. The van der Waals surface area contributed by atoms with E-state index in [0.717, 1.165) is 56.2 Å². The average molecular weight is 567 g/mol. The van der Waals surface area contributed by atoms with Gasteiger partial charge in [0.2, 0.25) is 5.89 Å². The van der Waals surface area contributed by atoms with Crippen molar-refractivity contribution in [1.29, 1.82) is 10.5 Å². The van der Waals surface area contributed by atoms with Crippen LogP contribution in [0.3, 0.4) is 0 Å². The van der Waals surface area contributed by atoms with Crippen LogP contribution < -0.4 is 4.90 Å². The van der Waals surface area contributed by atoms with Crippen molar-refractivity contribution >= 4 is 28.2 Å². The molecule has 0 N–H and O–H groups in total. The Balaban J connectivity index is 1.25. The molecule has 0 unspecified atom stereocenters. The number of benzene rings is 4. The van der Waals surface area contributed by atoms with Crippen LogP contribution >= 0.6 is 0 Å². The Kier molecular flexibility index (Phi) is 6.80. The maximum atomic E-state index is 9.13. The van der Waals surface area contributed by atoms with E-state index in [-0.39, 0.29) is 0 Å². The van der Waals surface area contributed by atoms with Crippen LogP contribution in [0, 0.1) is 22.7 Å². The van der Waals surface area contributed by atoms with Gasteiger partial charge in [-0.3, -0.25) is 9.97 Å². The number of aromatic nitrogens is 3. The molecule has 3 heterocycles. The Morgan fingerprint density at radius 2 is 1.02 bits per heavy atom. The van der Waals surface area contributed by atoms with Crippen molar-refractivity contribution in [2.24, 2.45) is 0 Å². The summed E-state index contributed by atoms with van der Waals surface area (Å²) in [6, 6.07) is 42.8. The molecular formula is C37H22N6O. The van der Waals surface area contributed by atoms with Crippen molar-refractivity contribution in [3.63, 3.8) is 0 Å². The highest BCUT2D eigenvalue weighted by Gasteiger charge is 2.16. The van der Waals surface area contributed by atoms with E-state index in [4.69, 9.17) is 24.9 Å². The maximum absolute atomic E-state index is 9.13. The third kappa shape index (κ3) is 5.14. The monoisotopic (exact) mass is 566 g/mol. The Morgan fingerprint density at radius 1 is 0.523 bits per heavy atom. The van der Waals surface area contributed by atoms with Crippen molar-refractivity contribution in [3.8, 4) is 46.1 Å². The molecule has 0 aliphatic heterocycles. The molecule has 7 heteroatoms. The number of hydrogen-bond acceptors (Lipinski definition) is 7. The van der Waals surface area contributed by atoms with Crippen LogP contribution in [0.2, 0.25) is 0 Å². The molecule has 7 rings (SSSR count). The molecule has 3 aromatic heterocycles. The first kappa shape index (κ1) is 26.3. The Bertz CT molecular complexity index is 2020. The summed E-state index contributed by atoms with van der Waals surface area (Å²) in [4.78, 5) is 16.2. The summed E-state index contributed by atoms with van der Waals surface area (Å²) in [5.41, 5.74) is 9.72. The summed E-state index contributed by atoms with van der Waals surface area (Å²) in [6.07, 6.45) is 3.66. The highest BCUT2D eigenvalue weighted by molar-refractivity contribution is 5.80. The zero-order valence-corrected chi connectivity index (χ0v) is 23.3. The van der Waals surface area contributed by atoms with Crippen LogP contribution in [-0.2, 0) is 0 Å². The molecule has 0 saturated heterocycles. The highest BCUT2D eigenvalue weighted by atomic mass is 16.3. The van der Waals surface area contributed by atoms with E-state index in [9.17, 15) is 0 Å². The smallest absolute Gasteiger partial charge is 0.227 e. The Morgan fingerprint density at radius 3 is 1.50 bits per heavy atom. The number of pyridine rings is 2. The van der Waals surface area contributed by atoms with Gasteiger partial charge in [-0.2, -0.15) is 10.5 Å². The van der Waals surface area contributed by atoms with Crippen LogP contribution in [0.5, 0.6) is 0 Å². The van der Waals surface area contributed by atoms with Gasteiger partial charge in [-0.25, -0.2) is 4.98 Å². The van der Waals surface area contributed by atoms with Gasteiger partial charge in [0.1, 0.15) is 5.52 Å². The van der Waals surface area contributed by atoms with Gasteiger partial charge < -0.3 is 9.32 Å². The molecule has 0 radical (unpaired) electrons. The lowest BCUT2D eigenvalue weighted by atomic mass is 10.1. The molecule has 7 aromatic rings. The molecule has 0 atom stereocenters. The lowest BCUT2D eigenvalue weighted by Crippen LogP contribution is -2.10. The van der Waals surface area contributed by atoms with Gasteiger partial charge in [-0.05, 0) is 84.9 Å². The Labute approximate surface area is 253 Å². The first-order valence-electron chi connectivity index (χ1n) is 13.9. The molecule has 7 nitrogen and oxygen atoms in total. The minimum Gasteiger partial charge on any atom is -0.436 e. The fourth-order valence-electron chi connectivity index (χ4n) is 5.01. The zero-order valence-electron chi connectivity index (χ0n) is 23.3. The maximum Gasteiger partial charge on any atom is 0.227 e. The van der Waals surface area contributed by atoms with Crippen LogP contribution in [0.4, 0.5) is 17.1 Å². The Hall–Kier alpha value is -6.57. The fraction of sp³-hybridized carbons (Fsp3) is 0. The number of para-hydroxylation sites is 2. The molecule has 4 aromatic carbocycles. The van der Waals surface area contributed by atoms with Gasteiger partial charge in [-0.1, -0.05) is 36.4 Å². The summed E-state index contributed by atoms with van der Waals surface area (Å²) in [7, 11) is 0. The fourth-order valence-corrected chi connectivity index (χ4v) is 5.01. The van der Waals surface area contributed by atoms with E-state index in [2.05, 4.69) is 22.0 Å². The number of fused-ring (bicyclic) bond motifs is 1. The van der Waals surface area contributed by atoms with Crippen molar-refractivity contribution in [2.45, 2.75) is 0 Å². The largest absolute Gasteiger partial charge is 0.436 e. The number of nitrogens with zero attached hydrogens (tertiary/aromatic N) is 6. The molecule has 0 saturated carbocycles. The third-order valence-electron chi connectivity index (χ3n) is 7.30. The van der Waals surface area contributed by atoms with Crippen molar-refractivity contribution in [2.75, 3.05) is 4.90 Å². The van der Waals surface area contributed by atoms with Gasteiger partial charge in [0, 0.05) is 22.4 Å². The second kappa shape index (κ2) is 11.4. The molecule has 0 spiro atoms. The minimum absolute atomic E-state index is 0.561. The molecule has 0 fully saturated rings. The molecular weight excluding hydrogens is 544 g/mol. The van der Waals surface area contributed by atoms with Crippen LogP contribution in [0.1, 0.15) is 11.1 Å². The number of oxazole rings is 1. The molecule has 0 aliphatic carbocycles. The normalized spacial score (nSPS) is 10.7. The topological polar surface area (TPSA) is 103 Å². The molecule has 0 bridgehead atoms. The molecule has 206 valence electrons. The second-order valence-corrected chi connectivity index (χ2v) is 10.1. The SMILES string of the molecule is N#Cc1ccc(-c2ccc(N(c3ccc(-c4nc5ccccc5o4)cc3)c3ccc(-c4ccc(C#N)cc4)nc3)cn2)cc1. The minimum atomic E-state index is 0.561. The van der Waals surface area contributed by atoms with E-state index < -0.39 is 0 Å². The van der Waals surface area contributed by atoms with E-state index >= 15 is 0 Å². The van der Waals surface area contributed by atoms with Gasteiger partial charge in [0.15, 0.2) is 5.58 Å². The summed E-state index contributed by atoms with van der Waals surface area (Å²) in [5, 5.41) is 18.3. The molecule has 0 aliphatic rings. The van der Waals surface area contributed by atoms with E-state index in [0.29, 0.717) is 17.0 Å². The number of hydrogen-bond donors (Lipinski definition) is 0. The first-order chi connectivity index (χ1) is 21.7. The summed E-state index contributed by atoms with van der Waals surface area (Å²) >= 11 is 0. The van der Waals surface area contributed by atoms with Crippen LogP contribution in [-0.4, -0.2) is 15.0 Å². The van der Waals surface area contributed by atoms with E-state index in [1.54, 1.807) is 24.3 Å². The lowest BCUT2D eigenvalue weighted by Gasteiger charge is -2.25. The van der Waals surface area contributed by atoms with E-state index in [1.807, 2.05) is 109 Å². The van der Waals surface area contributed by atoms with Crippen LogP contribution in [0.15, 0.2) is 138 Å². The van der Waals surface area contributed by atoms with Crippen molar-refractivity contribution < 1.29 is 4.42 Å². The summed E-state index contributed by atoms with van der Waals surface area (Å²) < 4.78 is 5.98. The van der Waals surface area contributed by atoms with Gasteiger partial charge in [0.05, 0.1) is 58.4 Å². The van der Waals surface area contributed by atoms with Gasteiger partial charge in [-0.15, -0.1) is 0 Å². The standard InChI is InChI=1S/C37H22N6O/c38-21-25-5-9-27(10-6-25)33-19-17-31(23-40-33)43(32-18-20-34(41-24-32)28-11-7-26(22-39)8-12-28)30-15-13-29(14-16-30)37-42-35-3-1-2-4-36(35)44-37/h1-20,23-24H. The number of rotatable bonds is 6. The zero-order chi connectivity index (χ0) is 29.9. The highest BCUT2D eigenvalue weighted by Crippen LogP contribution is 2.36. The second-order valence-electron chi connectivity index (χ2n) is 10.1. The number of anilines is 3. The third-order valence-corrected chi connectivity index (χ3v) is 7.30. The van der Waals surface area contributed by atoms with Crippen molar-refractivity contribution in [3.05, 3.63) is 145 Å². The average Bonchev–Trinajstić information content (AvgIpc) is 3.54. The summed E-state index contributed by atoms with van der Waals surface area (Å²) in [6.45, 7) is 0. The van der Waals surface area contributed by atoms with Crippen molar-refractivity contribution in [1.82, 2.24) is 15.0 Å². The van der Waals surface area contributed by atoms with Crippen LogP contribution in [0.25, 0.3) is 45.1 Å². The molecule has 44 heavy (non-hydrogen) atoms. The van der Waals surface area contributed by atoms with Gasteiger partial charge >= 0.3 is 0 Å². The first-order valence-corrected chi connectivity index (χ1v) is 13.9. The van der Waals surface area contributed by atoms with E-state index in [1.165, 1.54) is 0 Å².